The third-order valence-electron chi connectivity index (χ3n) is 9.19. The van der Waals surface area contributed by atoms with Crippen molar-refractivity contribution in [1.82, 2.24) is 4.72 Å². The van der Waals surface area contributed by atoms with E-state index < -0.39 is 10.0 Å². The Kier molecular flexibility index (Phi) is 14.2. The lowest BCUT2D eigenvalue weighted by atomic mass is 10.0. The normalized spacial score (nSPS) is 13.2. The second-order valence-corrected chi connectivity index (χ2v) is 16.0. The quantitative estimate of drug-likeness (QED) is 0.145. The summed E-state index contributed by atoms with van der Waals surface area (Å²) in [4.78, 5) is 4.62. The van der Waals surface area contributed by atoms with Gasteiger partial charge in [-0.15, -0.1) is 12.4 Å². The number of halogens is 5. The summed E-state index contributed by atoms with van der Waals surface area (Å²) in [7, 11) is -3.73. The summed E-state index contributed by atoms with van der Waals surface area (Å²) >= 11 is 24.4. The van der Waals surface area contributed by atoms with E-state index in [1.54, 1.807) is 0 Å². The Morgan fingerprint density at radius 3 is 1.52 bits per heavy atom. The van der Waals surface area contributed by atoms with Crippen LogP contribution in [0.3, 0.4) is 0 Å². The van der Waals surface area contributed by atoms with Gasteiger partial charge in [-0.05, 0) is 122 Å². The molecule has 12 heteroatoms. The van der Waals surface area contributed by atoms with E-state index in [0.717, 1.165) is 55.0 Å². The van der Waals surface area contributed by atoms with Gasteiger partial charge in [-0.3, -0.25) is 0 Å². The number of sulfonamides is 1. The number of aryl methyl sites for hydroxylation is 4. The van der Waals surface area contributed by atoms with Crippen molar-refractivity contribution >= 4 is 91.6 Å². The molecule has 2 aliphatic rings. The molecular weight excluding hydrogens is 778 g/mol. The fourth-order valence-electron chi connectivity index (χ4n) is 6.71. The highest BCUT2D eigenvalue weighted by molar-refractivity contribution is 7.89. The van der Waals surface area contributed by atoms with E-state index in [0.29, 0.717) is 29.6 Å². The van der Waals surface area contributed by atoms with Crippen LogP contribution in [0, 0.1) is 0 Å². The van der Waals surface area contributed by atoms with E-state index in [1.807, 2.05) is 30.3 Å². The summed E-state index contributed by atoms with van der Waals surface area (Å²) < 4.78 is 27.9. The van der Waals surface area contributed by atoms with Gasteiger partial charge in [0.15, 0.2) is 0 Å². The van der Waals surface area contributed by atoms with Gasteiger partial charge in [-0.2, -0.15) is 0 Å². The van der Waals surface area contributed by atoms with E-state index >= 15 is 0 Å². The Balaban J connectivity index is 0.000000215. The van der Waals surface area contributed by atoms with Crippen LogP contribution in [0.1, 0.15) is 35.1 Å². The SMILES string of the molecule is Cl.NCCCN1c2ccccc2CCc2ccc(Cl)cc21.O=S(=O)(NCCCN1c2ccccc2CCc2ccc(Cl)cc21)c1ccc(Cl)cc1Cl. The summed E-state index contributed by atoms with van der Waals surface area (Å²) in [6, 6.07) is 33.5. The van der Waals surface area contributed by atoms with Crippen LogP contribution < -0.4 is 20.3 Å². The third-order valence-corrected chi connectivity index (χ3v) is 11.8. The molecule has 0 spiro atoms. The topological polar surface area (TPSA) is 78.7 Å². The van der Waals surface area contributed by atoms with Gasteiger partial charge in [0.25, 0.3) is 0 Å². The molecule has 2 heterocycles. The van der Waals surface area contributed by atoms with Crippen molar-refractivity contribution in [3.63, 3.8) is 0 Å². The van der Waals surface area contributed by atoms with Crippen molar-refractivity contribution in [2.45, 2.75) is 43.4 Å². The van der Waals surface area contributed by atoms with Crippen LogP contribution in [0.4, 0.5) is 22.7 Å². The van der Waals surface area contributed by atoms with E-state index in [4.69, 9.17) is 52.1 Å². The Morgan fingerprint density at radius 1 is 0.577 bits per heavy atom. The molecule has 3 N–H and O–H groups in total. The minimum atomic E-state index is -3.73. The zero-order valence-electron chi connectivity index (χ0n) is 28.5. The van der Waals surface area contributed by atoms with Gasteiger partial charge in [-0.25, -0.2) is 13.1 Å². The largest absolute Gasteiger partial charge is 0.341 e. The van der Waals surface area contributed by atoms with Crippen molar-refractivity contribution in [1.29, 1.82) is 0 Å². The Morgan fingerprint density at radius 2 is 1.02 bits per heavy atom. The van der Waals surface area contributed by atoms with Crippen LogP contribution in [0.5, 0.6) is 0 Å². The third kappa shape index (κ3) is 9.57. The number of anilines is 4. The van der Waals surface area contributed by atoms with Crippen molar-refractivity contribution < 1.29 is 8.42 Å². The number of nitrogens with zero attached hydrogens (tertiary/aromatic N) is 2. The number of benzene rings is 5. The van der Waals surface area contributed by atoms with Gasteiger partial charge in [0.05, 0.1) is 5.02 Å². The first-order chi connectivity index (χ1) is 24.6. The second kappa shape index (κ2) is 18.4. The second-order valence-electron chi connectivity index (χ2n) is 12.6. The number of para-hydroxylation sites is 2. The minimum Gasteiger partial charge on any atom is -0.341 e. The monoisotopic (exact) mass is 816 g/mol. The van der Waals surface area contributed by atoms with Crippen LogP contribution in [0.25, 0.3) is 0 Å². The number of rotatable bonds is 9. The van der Waals surface area contributed by atoms with Crippen molar-refractivity contribution in [2.24, 2.45) is 5.73 Å². The van der Waals surface area contributed by atoms with Crippen molar-refractivity contribution in [3.05, 3.63) is 145 Å². The molecule has 7 rings (SSSR count). The molecule has 2 aliphatic heterocycles. The highest BCUT2D eigenvalue weighted by atomic mass is 35.5. The van der Waals surface area contributed by atoms with E-state index in [9.17, 15) is 8.42 Å². The predicted molar refractivity (Wildman–Crippen MR) is 222 cm³/mol. The number of hydrogen-bond donors (Lipinski definition) is 2. The standard InChI is InChI=1S/C23H21Cl3N2O2S.C17H19ClN2.ClH/c24-18-10-11-23(20(26)14-18)31(29,30)27-12-3-13-28-21-5-2-1-4-16(21)6-7-17-8-9-19(25)15-22(17)28;18-15-9-8-14-7-6-13-4-1-2-5-16(13)20(11-3-10-19)17(14)12-15;/h1-2,4-5,8-11,14-15,27H,3,6-7,12-13H2;1-2,4-5,8-9,12H,3,6-7,10-11,19H2;1H. The zero-order valence-corrected chi connectivity index (χ0v) is 33.2. The number of fused-ring (bicyclic) bond motifs is 4. The van der Waals surface area contributed by atoms with Crippen LogP contribution >= 0.6 is 58.8 Å². The molecule has 6 nitrogen and oxygen atoms in total. The minimum absolute atomic E-state index is 0. The average molecular weight is 819 g/mol. The summed E-state index contributed by atoms with van der Waals surface area (Å²) in [5, 5.41) is 1.97. The molecule has 0 fully saturated rings. The molecule has 0 amide bonds. The average Bonchev–Trinajstić information content (AvgIpc) is 3.37. The number of nitrogens with two attached hydrogens (primary N) is 1. The van der Waals surface area contributed by atoms with E-state index in [1.165, 1.54) is 51.8 Å². The lowest BCUT2D eigenvalue weighted by Crippen LogP contribution is -2.28. The first-order valence-electron chi connectivity index (χ1n) is 17.1. The highest BCUT2D eigenvalue weighted by Crippen LogP contribution is 2.39. The van der Waals surface area contributed by atoms with Crippen molar-refractivity contribution in [3.8, 4) is 0 Å². The van der Waals surface area contributed by atoms with Gasteiger partial charge >= 0.3 is 0 Å². The molecule has 274 valence electrons. The van der Waals surface area contributed by atoms with E-state index in [-0.39, 0.29) is 28.9 Å². The zero-order chi connectivity index (χ0) is 36.0. The molecule has 0 atom stereocenters. The lowest BCUT2D eigenvalue weighted by molar-refractivity contribution is 0.579. The molecule has 0 aromatic heterocycles. The smallest absolute Gasteiger partial charge is 0.242 e. The summed E-state index contributed by atoms with van der Waals surface area (Å²) in [5.41, 5.74) is 15.7. The summed E-state index contributed by atoms with van der Waals surface area (Å²) in [5.74, 6) is 0. The molecule has 5 aromatic rings. The number of nitrogens with one attached hydrogen (secondary N) is 1. The van der Waals surface area contributed by atoms with Gasteiger partial charge in [-0.1, -0.05) is 94.9 Å². The molecule has 5 aromatic carbocycles. The molecule has 0 aliphatic carbocycles. The first-order valence-corrected chi connectivity index (χ1v) is 20.1. The molecule has 52 heavy (non-hydrogen) atoms. The van der Waals surface area contributed by atoms with Gasteiger partial charge in [0, 0.05) is 57.5 Å². The molecule has 0 bridgehead atoms. The Hall–Kier alpha value is -2.98. The fraction of sp³-hybridized carbons (Fsp3) is 0.250. The molecule has 0 saturated carbocycles. The first kappa shape index (κ1) is 40.2. The predicted octanol–water partition coefficient (Wildman–Crippen LogP) is 10.6. The fourth-order valence-corrected chi connectivity index (χ4v) is 8.89. The van der Waals surface area contributed by atoms with Gasteiger partial charge < -0.3 is 15.5 Å². The maximum Gasteiger partial charge on any atom is 0.242 e. The van der Waals surface area contributed by atoms with E-state index in [2.05, 4.69) is 69.1 Å². The molecule has 0 radical (unpaired) electrons. The van der Waals surface area contributed by atoms with Crippen LogP contribution in [0.2, 0.25) is 20.1 Å². The van der Waals surface area contributed by atoms with Crippen LogP contribution in [-0.4, -0.2) is 34.6 Å². The Labute approximate surface area is 333 Å². The molecular formula is C40H41Cl5N4O2S. The highest BCUT2D eigenvalue weighted by Gasteiger charge is 2.23. The summed E-state index contributed by atoms with van der Waals surface area (Å²) in [6.07, 6.45) is 5.59. The maximum atomic E-state index is 12.6. The van der Waals surface area contributed by atoms with Crippen LogP contribution in [-0.2, 0) is 35.7 Å². The molecule has 0 unspecified atom stereocenters. The number of hydrogen-bond acceptors (Lipinski definition) is 5. The molecule has 0 saturated heterocycles. The van der Waals surface area contributed by atoms with Gasteiger partial charge in [0.1, 0.15) is 4.90 Å². The maximum absolute atomic E-state index is 12.6. The van der Waals surface area contributed by atoms with Crippen molar-refractivity contribution in [2.75, 3.05) is 36.0 Å². The van der Waals surface area contributed by atoms with Gasteiger partial charge in [0.2, 0.25) is 10.0 Å². The van der Waals surface area contributed by atoms with Crippen LogP contribution in [0.15, 0.2) is 108 Å². The summed E-state index contributed by atoms with van der Waals surface area (Å²) in [6.45, 7) is 2.55. The lowest BCUT2D eigenvalue weighted by Gasteiger charge is -2.27. The Bertz CT molecular complexity index is 2110.